The zero-order valence-electron chi connectivity index (χ0n) is 52.9. The van der Waals surface area contributed by atoms with Crippen LogP contribution in [0.2, 0.25) is 0 Å². The van der Waals surface area contributed by atoms with Crippen molar-refractivity contribution in [1.29, 1.82) is 0 Å². The molecule has 0 aromatic rings. The highest BCUT2D eigenvalue weighted by Crippen LogP contribution is 2.15. The third-order valence-corrected chi connectivity index (χ3v) is 13.8. The Morgan fingerprint density at radius 3 is 0.859 bits per heavy atom. The molecular formula is C59H98N8O25. The van der Waals surface area contributed by atoms with Gasteiger partial charge in [-0.3, -0.25) is 47.9 Å². The highest BCUT2D eigenvalue weighted by Gasteiger charge is 2.29. The molecule has 0 aliphatic rings. The molecule has 0 radical (unpaired) electrons. The third-order valence-electron chi connectivity index (χ3n) is 13.8. The van der Waals surface area contributed by atoms with E-state index < -0.39 is 164 Å². The number of unbranched alkanes of at least 4 members (excludes halogenated alkanes) is 13. The van der Waals surface area contributed by atoms with E-state index in [-0.39, 0.29) is 104 Å². The molecule has 0 spiro atoms. The zero-order chi connectivity index (χ0) is 69.1. The summed E-state index contributed by atoms with van der Waals surface area (Å²) < 4.78 is 21.0. The first kappa shape index (κ1) is 84.1. The number of nitrogens with one attached hydrogen (secondary N) is 8. The van der Waals surface area contributed by atoms with Gasteiger partial charge in [-0.25, -0.2) is 24.0 Å². The molecule has 92 heavy (non-hydrogen) atoms. The minimum Gasteiger partial charge on any atom is -0.481 e. The SMILES string of the molecule is CC(=O)[C@H](C)NC(=O)COCCOCCNC(=O)COCCOCCNC(=O)CC[C@@H](NC(=O)CC[C@H](NC(=O)CC[C@@H](NC(=O)CC[C@H](NC(=O)CC[C@@H](NC(=O)CCCCCCCCCCCCCCCCC(=O)O)C(=O)O)C(=O)O)C(=O)O)C(=O)O)C(=O)O. The van der Waals surface area contributed by atoms with Gasteiger partial charge in [-0.05, 0) is 58.8 Å². The number of aliphatic carboxylic acids is 6. The summed E-state index contributed by atoms with van der Waals surface area (Å²) in [5, 5.41) is 75.6. The lowest BCUT2D eigenvalue weighted by molar-refractivity contribution is -0.144. The van der Waals surface area contributed by atoms with Crippen LogP contribution in [-0.4, -0.2) is 222 Å². The second-order valence-electron chi connectivity index (χ2n) is 21.8. The molecule has 14 N–H and O–H groups in total. The fourth-order valence-corrected chi connectivity index (χ4v) is 8.50. The van der Waals surface area contributed by atoms with E-state index in [9.17, 15) is 97.5 Å². The van der Waals surface area contributed by atoms with Gasteiger partial charge in [0.1, 0.15) is 43.4 Å². The van der Waals surface area contributed by atoms with Gasteiger partial charge < -0.3 is 92.1 Å². The van der Waals surface area contributed by atoms with Crippen LogP contribution < -0.4 is 42.5 Å². The van der Waals surface area contributed by atoms with E-state index in [0.29, 0.717) is 6.42 Å². The maximum atomic E-state index is 12.7. The van der Waals surface area contributed by atoms with Crippen LogP contribution in [0.1, 0.15) is 181 Å². The van der Waals surface area contributed by atoms with Crippen molar-refractivity contribution in [2.75, 3.05) is 65.9 Å². The molecule has 0 aromatic carbocycles. The predicted octanol–water partition coefficient (Wildman–Crippen LogP) is 0.453. The summed E-state index contributed by atoms with van der Waals surface area (Å²) in [6.07, 6.45) is 8.87. The molecule has 8 amide bonds. The minimum atomic E-state index is -1.73. The van der Waals surface area contributed by atoms with E-state index in [1.54, 1.807) is 6.92 Å². The second-order valence-corrected chi connectivity index (χ2v) is 21.8. The Morgan fingerprint density at radius 1 is 0.293 bits per heavy atom. The van der Waals surface area contributed by atoms with E-state index >= 15 is 0 Å². The zero-order valence-corrected chi connectivity index (χ0v) is 52.9. The van der Waals surface area contributed by atoms with Crippen molar-refractivity contribution in [3.8, 4) is 0 Å². The Hall–Kier alpha value is -7.91. The Morgan fingerprint density at radius 2 is 0.554 bits per heavy atom. The van der Waals surface area contributed by atoms with Crippen molar-refractivity contribution in [3.63, 3.8) is 0 Å². The number of hydrogen-bond acceptors (Lipinski definition) is 19. The van der Waals surface area contributed by atoms with E-state index in [0.717, 1.165) is 83.5 Å². The summed E-state index contributed by atoms with van der Waals surface area (Å²) in [5.41, 5.74) is 0. The molecule has 6 atom stereocenters. The van der Waals surface area contributed by atoms with Crippen molar-refractivity contribution in [2.45, 2.75) is 217 Å². The number of Topliss-reactive ketones (excluding diaryl/α,β-unsaturated/α-hetero) is 1. The minimum absolute atomic E-state index is 0.0215. The summed E-state index contributed by atoms with van der Waals surface area (Å²) in [4.78, 5) is 181. The molecule has 524 valence electrons. The van der Waals surface area contributed by atoms with Gasteiger partial charge in [-0.1, -0.05) is 77.0 Å². The monoisotopic (exact) mass is 1320 g/mol. The first-order chi connectivity index (χ1) is 43.7. The predicted molar refractivity (Wildman–Crippen MR) is 323 cm³/mol. The smallest absolute Gasteiger partial charge is 0.326 e. The number of rotatable bonds is 60. The Kier molecular flexibility index (Phi) is 48.2. The number of amides is 8. The Balaban J connectivity index is 4.56. The molecule has 0 aliphatic heterocycles. The summed E-state index contributed by atoms with van der Waals surface area (Å²) in [7, 11) is 0. The number of ether oxygens (including phenoxy) is 4. The number of carboxylic acids is 6. The van der Waals surface area contributed by atoms with Crippen LogP contribution in [0.3, 0.4) is 0 Å². The van der Waals surface area contributed by atoms with Gasteiger partial charge in [0.2, 0.25) is 47.3 Å². The van der Waals surface area contributed by atoms with Crippen molar-refractivity contribution < 1.29 is 122 Å². The van der Waals surface area contributed by atoms with Gasteiger partial charge in [0, 0.05) is 58.0 Å². The third kappa shape index (κ3) is 48.0. The number of carboxylic acid groups (broad SMARTS) is 6. The Bertz CT molecular complexity index is 2330. The number of ketones is 1. The van der Waals surface area contributed by atoms with Gasteiger partial charge in [0.15, 0.2) is 5.78 Å². The molecule has 0 aromatic heterocycles. The quantitative estimate of drug-likeness (QED) is 0.0368. The Labute approximate surface area is 534 Å². The molecule has 33 heteroatoms. The van der Waals surface area contributed by atoms with Gasteiger partial charge in [-0.15, -0.1) is 0 Å². The fourth-order valence-electron chi connectivity index (χ4n) is 8.50. The average molecular weight is 1320 g/mol. The highest BCUT2D eigenvalue weighted by atomic mass is 16.5. The van der Waals surface area contributed by atoms with Gasteiger partial charge in [-0.2, -0.15) is 0 Å². The number of hydrogen-bond donors (Lipinski definition) is 14. The summed E-state index contributed by atoms with van der Waals surface area (Å²) in [6.45, 7) is 3.22. The molecule has 0 saturated heterocycles. The highest BCUT2D eigenvalue weighted by molar-refractivity contribution is 5.90. The van der Waals surface area contributed by atoms with Crippen LogP contribution in [0.15, 0.2) is 0 Å². The first-order valence-corrected chi connectivity index (χ1v) is 31.2. The molecule has 33 nitrogen and oxygen atoms in total. The molecule has 0 aliphatic carbocycles. The molecule has 0 rings (SSSR count). The summed E-state index contributed by atoms with van der Waals surface area (Å²) >= 11 is 0. The van der Waals surface area contributed by atoms with Crippen LogP contribution in [0, 0.1) is 0 Å². The van der Waals surface area contributed by atoms with Crippen LogP contribution >= 0.6 is 0 Å². The topological polar surface area (TPSA) is 511 Å². The molecular weight excluding hydrogens is 1220 g/mol. The van der Waals surface area contributed by atoms with Crippen LogP contribution in [-0.2, 0) is 90.9 Å². The van der Waals surface area contributed by atoms with E-state index in [1.165, 1.54) is 6.92 Å². The van der Waals surface area contributed by atoms with Gasteiger partial charge in [0.25, 0.3) is 0 Å². The molecule has 0 heterocycles. The van der Waals surface area contributed by atoms with Crippen molar-refractivity contribution >= 4 is 88.9 Å². The molecule has 0 bridgehead atoms. The van der Waals surface area contributed by atoms with Crippen LogP contribution in [0.4, 0.5) is 0 Å². The van der Waals surface area contributed by atoms with Crippen molar-refractivity contribution in [1.82, 2.24) is 42.5 Å². The fraction of sp³-hybridized carbons (Fsp3) is 0.746. The van der Waals surface area contributed by atoms with Crippen LogP contribution in [0.5, 0.6) is 0 Å². The van der Waals surface area contributed by atoms with Gasteiger partial charge in [0.05, 0.1) is 45.7 Å². The lowest BCUT2D eigenvalue weighted by Gasteiger charge is -2.19. The molecule has 0 unspecified atom stereocenters. The first-order valence-electron chi connectivity index (χ1n) is 31.2. The lowest BCUT2D eigenvalue weighted by atomic mass is 10.0. The normalized spacial score (nSPS) is 12.9. The van der Waals surface area contributed by atoms with Crippen molar-refractivity contribution in [3.05, 3.63) is 0 Å². The molecule has 0 saturated carbocycles. The average Bonchev–Trinajstić information content (AvgIpc) is 2.89. The second kappa shape index (κ2) is 52.7. The maximum absolute atomic E-state index is 12.7. The summed E-state index contributed by atoms with van der Waals surface area (Å²) in [6, 6.07) is -8.75. The summed E-state index contributed by atoms with van der Waals surface area (Å²) in [5.74, 6) is -14.5. The van der Waals surface area contributed by atoms with E-state index in [1.807, 2.05) is 0 Å². The lowest BCUT2D eigenvalue weighted by Crippen LogP contribution is -2.46. The largest absolute Gasteiger partial charge is 0.481 e. The van der Waals surface area contributed by atoms with Crippen molar-refractivity contribution in [2.24, 2.45) is 0 Å². The van der Waals surface area contributed by atoms with E-state index in [4.69, 9.17) is 24.1 Å². The van der Waals surface area contributed by atoms with Crippen LogP contribution in [0.25, 0.3) is 0 Å². The number of carbonyl (C=O) groups is 15. The van der Waals surface area contributed by atoms with Gasteiger partial charge >= 0.3 is 35.8 Å². The number of carbonyl (C=O) groups excluding carboxylic acids is 9. The van der Waals surface area contributed by atoms with E-state index in [2.05, 4.69) is 42.5 Å². The molecule has 0 fully saturated rings. The standard InChI is InChI=1S/C59H98N8O25/c1-39(40(2)68)62-53(76)38-92-36-34-90-32-30-61-52(75)37-91-35-33-89-31-29-60-46(69)24-19-41(55(79)80)64-48(71)26-21-43(57(83)84)66-50(73)28-23-45(59(87)88)67-51(74)27-22-44(58(85)86)65-49(72)25-20-42(56(81)82)63-47(70)17-15-13-11-9-7-5-3-4-6-8-10-12-14-16-18-54(77)78/h39,41-45H,3-38H2,1-2H3,(H,60,69)(H,61,75)(H,62,76)(H,63,70)(H,64,71)(H,65,72)(H,66,73)(H,67,74)(H,77,78)(H,79,80)(H,81,82)(H,83,84)(H,85,86)(H,87,88)/t39-,41+,42+,43-,44-,45+/m0/s1. The maximum Gasteiger partial charge on any atom is 0.326 e.